The van der Waals surface area contributed by atoms with E-state index in [-0.39, 0.29) is 0 Å². The van der Waals surface area contributed by atoms with Gasteiger partial charge in [-0.15, -0.1) is 0 Å². The van der Waals surface area contributed by atoms with Crippen molar-refractivity contribution in [2.45, 2.75) is 39.2 Å². The summed E-state index contributed by atoms with van der Waals surface area (Å²) in [6.07, 6.45) is 4.15. The molecule has 1 aliphatic carbocycles. The van der Waals surface area contributed by atoms with Crippen molar-refractivity contribution in [1.29, 1.82) is 0 Å². The highest BCUT2D eigenvalue weighted by atomic mass is 79.9. The minimum atomic E-state index is 0.537. The molecule has 1 aliphatic rings. The zero-order valence-electron chi connectivity index (χ0n) is 10.1. The summed E-state index contributed by atoms with van der Waals surface area (Å²) in [6, 6.07) is 7.06. The molecular formula is C14H20BrN. The maximum absolute atomic E-state index is 3.62. The molecule has 1 unspecified atom stereocenters. The zero-order chi connectivity index (χ0) is 11.5. The largest absolute Gasteiger partial charge is 0.310 e. The third kappa shape index (κ3) is 2.86. The Kier molecular flexibility index (Phi) is 4.04. The van der Waals surface area contributed by atoms with E-state index in [1.165, 1.54) is 34.9 Å². The van der Waals surface area contributed by atoms with Crippen LogP contribution in [-0.4, -0.2) is 6.54 Å². The number of nitrogens with one attached hydrogen (secondary N) is 1. The van der Waals surface area contributed by atoms with Gasteiger partial charge in [0, 0.05) is 10.5 Å². The van der Waals surface area contributed by atoms with Gasteiger partial charge >= 0.3 is 0 Å². The van der Waals surface area contributed by atoms with Gasteiger partial charge in [0.25, 0.3) is 0 Å². The SMILES string of the molecule is CCNC(CC1CC1)c1cccc(Br)c1C. The van der Waals surface area contributed by atoms with E-state index in [0.29, 0.717) is 6.04 Å². The standard InChI is InChI=1S/C14H20BrN/c1-3-16-14(9-11-7-8-11)12-5-4-6-13(15)10(12)2/h4-6,11,14,16H,3,7-9H2,1-2H3. The molecule has 16 heavy (non-hydrogen) atoms. The summed E-state index contributed by atoms with van der Waals surface area (Å²) >= 11 is 3.62. The van der Waals surface area contributed by atoms with Crippen LogP contribution in [-0.2, 0) is 0 Å². The Morgan fingerprint density at radius 3 is 2.81 bits per heavy atom. The van der Waals surface area contributed by atoms with Gasteiger partial charge in [-0.05, 0) is 43.0 Å². The lowest BCUT2D eigenvalue weighted by molar-refractivity contribution is 0.485. The molecule has 2 rings (SSSR count). The van der Waals surface area contributed by atoms with Crippen molar-refractivity contribution in [1.82, 2.24) is 5.32 Å². The van der Waals surface area contributed by atoms with Gasteiger partial charge in [0.15, 0.2) is 0 Å². The van der Waals surface area contributed by atoms with E-state index in [2.05, 4.69) is 53.3 Å². The lowest BCUT2D eigenvalue weighted by atomic mass is 9.97. The third-order valence-corrected chi connectivity index (χ3v) is 4.26. The molecule has 0 saturated heterocycles. The molecule has 1 atom stereocenters. The van der Waals surface area contributed by atoms with Gasteiger partial charge in [0.2, 0.25) is 0 Å². The first-order chi connectivity index (χ1) is 7.72. The summed E-state index contributed by atoms with van der Waals surface area (Å²) in [4.78, 5) is 0. The summed E-state index contributed by atoms with van der Waals surface area (Å²) in [5, 5.41) is 3.62. The molecule has 88 valence electrons. The van der Waals surface area contributed by atoms with E-state index >= 15 is 0 Å². The molecule has 0 bridgehead atoms. The molecule has 0 spiro atoms. The predicted octanol–water partition coefficient (Wildman–Crippen LogP) is 4.21. The van der Waals surface area contributed by atoms with Crippen LogP contribution in [0.3, 0.4) is 0 Å². The van der Waals surface area contributed by atoms with E-state index < -0.39 is 0 Å². The van der Waals surface area contributed by atoms with E-state index in [9.17, 15) is 0 Å². The van der Waals surface area contributed by atoms with Crippen molar-refractivity contribution in [3.63, 3.8) is 0 Å². The number of benzene rings is 1. The molecule has 2 heteroatoms. The minimum absolute atomic E-state index is 0.537. The maximum Gasteiger partial charge on any atom is 0.0325 e. The average Bonchev–Trinajstić information content (AvgIpc) is 3.06. The van der Waals surface area contributed by atoms with Crippen molar-refractivity contribution in [3.8, 4) is 0 Å². The van der Waals surface area contributed by atoms with Crippen molar-refractivity contribution < 1.29 is 0 Å². The topological polar surface area (TPSA) is 12.0 Å². The Balaban J connectivity index is 2.18. The number of halogens is 1. The quantitative estimate of drug-likeness (QED) is 0.853. The summed E-state index contributed by atoms with van der Waals surface area (Å²) < 4.78 is 1.23. The smallest absolute Gasteiger partial charge is 0.0325 e. The first kappa shape index (κ1) is 12.1. The third-order valence-electron chi connectivity index (χ3n) is 3.40. The van der Waals surface area contributed by atoms with Crippen molar-refractivity contribution in [3.05, 3.63) is 33.8 Å². The molecule has 0 aromatic heterocycles. The summed E-state index contributed by atoms with van der Waals surface area (Å²) in [7, 11) is 0. The Hall–Kier alpha value is -0.340. The molecule has 1 fully saturated rings. The first-order valence-electron chi connectivity index (χ1n) is 6.20. The number of rotatable bonds is 5. The van der Waals surface area contributed by atoms with Gasteiger partial charge in [-0.2, -0.15) is 0 Å². The second-order valence-electron chi connectivity index (χ2n) is 4.74. The highest BCUT2D eigenvalue weighted by molar-refractivity contribution is 9.10. The maximum atomic E-state index is 3.62. The fraction of sp³-hybridized carbons (Fsp3) is 0.571. The monoisotopic (exact) mass is 281 g/mol. The second-order valence-corrected chi connectivity index (χ2v) is 5.60. The van der Waals surface area contributed by atoms with Gasteiger partial charge in [-0.1, -0.05) is 47.8 Å². The van der Waals surface area contributed by atoms with Gasteiger partial charge in [0.1, 0.15) is 0 Å². The van der Waals surface area contributed by atoms with E-state index in [1.54, 1.807) is 0 Å². The summed E-state index contributed by atoms with van der Waals surface area (Å²) in [5.74, 6) is 0.961. The molecule has 1 aromatic rings. The van der Waals surface area contributed by atoms with Gasteiger partial charge in [-0.25, -0.2) is 0 Å². The minimum Gasteiger partial charge on any atom is -0.310 e. The van der Waals surface area contributed by atoms with E-state index in [4.69, 9.17) is 0 Å². The van der Waals surface area contributed by atoms with E-state index in [0.717, 1.165) is 12.5 Å². The van der Waals surface area contributed by atoms with E-state index in [1.807, 2.05) is 0 Å². The molecule has 0 radical (unpaired) electrons. The molecule has 0 aliphatic heterocycles. The van der Waals surface area contributed by atoms with Crippen LogP contribution < -0.4 is 5.32 Å². The normalized spacial score (nSPS) is 17.4. The fourth-order valence-electron chi connectivity index (χ4n) is 2.26. The van der Waals surface area contributed by atoms with Crippen LogP contribution >= 0.6 is 15.9 Å². The fourth-order valence-corrected chi connectivity index (χ4v) is 2.64. The average molecular weight is 282 g/mol. The molecule has 1 N–H and O–H groups in total. The van der Waals surface area contributed by atoms with Crippen LogP contribution in [0, 0.1) is 12.8 Å². The number of hydrogen-bond acceptors (Lipinski definition) is 1. The van der Waals surface area contributed by atoms with Crippen molar-refractivity contribution in [2.24, 2.45) is 5.92 Å². The molecule has 1 aromatic carbocycles. The van der Waals surface area contributed by atoms with Crippen LogP contribution in [0.5, 0.6) is 0 Å². The highest BCUT2D eigenvalue weighted by Gasteiger charge is 2.26. The highest BCUT2D eigenvalue weighted by Crippen LogP contribution is 2.38. The van der Waals surface area contributed by atoms with Crippen LogP contribution in [0.15, 0.2) is 22.7 Å². The zero-order valence-corrected chi connectivity index (χ0v) is 11.7. The van der Waals surface area contributed by atoms with Crippen LogP contribution in [0.25, 0.3) is 0 Å². The predicted molar refractivity (Wildman–Crippen MR) is 72.6 cm³/mol. The van der Waals surface area contributed by atoms with Crippen molar-refractivity contribution in [2.75, 3.05) is 6.54 Å². The van der Waals surface area contributed by atoms with Crippen LogP contribution in [0.4, 0.5) is 0 Å². The van der Waals surface area contributed by atoms with Gasteiger partial charge in [0.05, 0.1) is 0 Å². The van der Waals surface area contributed by atoms with Crippen LogP contribution in [0.1, 0.15) is 43.4 Å². The van der Waals surface area contributed by atoms with Crippen LogP contribution in [0.2, 0.25) is 0 Å². The molecular weight excluding hydrogens is 262 g/mol. The summed E-state index contributed by atoms with van der Waals surface area (Å²) in [5.41, 5.74) is 2.84. The Morgan fingerprint density at radius 2 is 2.19 bits per heavy atom. The second kappa shape index (κ2) is 5.33. The molecule has 1 nitrogen and oxygen atoms in total. The van der Waals surface area contributed by atoms with Crippen molar-refractivity contribution >= 4 is 15.9 Å². The van der Waals surface area contributed by atoms with Gasteiger partial charge in [-0.3, -0.25) is 0 Å². The Bertz CT molecular complexity index is 358. The van der Waals surface area contributed by atoms with Gasteiger partial charge < -0.3 is 5.32 Å². The Labute approximate surface area is 107 Å². The lowest BCUT2D eigenvalue weighted by Gasteiger charge is -2.20. The lowest BCUT2D eigenvalue weighted by Crippen LogP contribution is -2.22. The number of hydrogen-bond donors (Lipinski definition) is 1. The molecule has 1 saturated carbocycles. The first-order valence-corrected chi connectivity index (χ1v) is 7.00. The molecule has 0 heterocycles. The summed E-state index contributed by atoms with van der Waals surface area (Å²) in [6.45, 7) is 5.44. The molecule has 0 amide bonds. The Morgan fingerprint density at radius 1 is 1.44 bits per heavy atom.